The predicted molar refractivity (Wildman–Crippen MR) is 99.7 cm³/mol. The van der Waals surface area contributed by atoms with E-state index in [9.17, 15) is 8.42 Å². The van der Waals surface area contributed by atoms with Crippen molar-refractivity contribution in [2.75, 3.05) is 98.7 Å². The summed E-state index contributed by atoms with van der Waals surface area (Å²) in [7, 11) is -3.41. The normalized spacial score (nSPS) is 11.5. The van der Waals surface area contributed by atoms with Gasteiger partial charge in [-0.1, -0.05) is 5.11 Å². The van der Waals surface area contributed by atoms with Crippen LogP contribution in [-0.2, 0) is 42.7 Å². The van der Waals surface area contributed by atoms with Gasteiger partial charge in [0.1, 0.15) is 0 Å². The smallest absolute Gasteiger partial charge is 0.264 e. The lowest BCUT2D eigenvalue weighted by Gasteiger charge is -2.08. The molecule has 0 heterocycles. The maximum Gasteiger partial charge on any atom is 0.264 e. The standard InChI is InChI=1S/C15H31N3O9S/c1-28(19,20)27-15-14-26-13-12-25-11-10-24-9-8-23-7-6-22-5-4-21-3-2-17-18-16/h2-15H2,1H3. The average Bonchev–Trinajstić information content (AvgIpc) is 2.65. The molecule has 28 heavy (non-hydrogen) atoms. The predicted octanol–water partition coefficient (Wildman–Crippen LogP) is 0.373. The minimum absolute atomic E-state index is 0.000362. The third kappa shape index (κ3) is 25.0. The summed E-state index contributed by atoms with van der Waals surface area (Å²) in [6, 6.07) is 0. The molecule has 0 unspecified atom stereocenters. The van der Waals surface area contributed by atoms with Gasteiger partial charge in [-0.25, -0.2) is 0 Å². The molecule has 0 spiro atoms. The van der Waals surface area contributed by atoms with Crippen LogP contribution < -0.4 is 0 Å². The fourth-order valence-electron chi connectivity index (χ4n) is 1.60. The van der Waals surface area contributed by atoms with Crippen LogP contribution in [0.3, 0.4) is 0 Å². The average molecular weight is 429 g/mol. The Morgan fingerprint density at radius 2 is 0.964 bits per heavy atom. The molecule has 0 aliphatic carbocycles. The Bertz CT molecular complexity index is 487. The topological polar surface area (TPSA) is 148 Å². The summed E-state index contributed by atoms with van der Waals surface area (Å²) in [5, 5.41) is 3.34. The maximum absolute atomic E-state index is 10.7. The number of azide groups is 1. The summed E-state index contributed by atoms with van der Waals surface area (Å²) in [5.41, 5.74) is 8.07. The molecule has 0 radical (unpaired) electrons. The molecule has 0 aliphatic rings. The number of hydrogen-bond donors (Lipinski definition) is 0. The second-order valence-corrected chi connectivity index (χ2v) is 6.80. The summed E-state index contributed by atoms with van der Waals surface area (Å²) in [4.78, 5) is 2.62. The third-order valence-corrected chi connectivity index (χ3v) is 3.38. The summed E-state index contributed by atoms with van der Waals surface area (Å²) in [5.74, 6) is 0. The Morgan fingerprint density at radius 1 is 0.643 bits per heavy atom. The molecule has 0 atom stereocenters. The van der Waals surface area contributed by atoms with Crippen molar-refractivity contribution in [1.82, 2.24) is 0 Å². The van der Waals surface area contributed by atoms with Crippen LogP contribution in [0.15, 0.2) is 5.11 Å². The van der Waals surface area contributed by atoms with Crippen molar-refractivity contribution in [1.29, 1.82) is 0 Å². The first-order valence-electron chi connectivity index (χ1n) is 8.88. The summed E-state index contributed by atoms with van der Waals surface area (Å²) < 4.78 is 57.5. The molecule has 166 valence electrons. The van der Waals surface area contributed by atoms with Crippen molar-refractivity contribution < 1.29 is 41.0 Å². The highest BCUT2D eigenvalue weighted by Gasteiger charge is 2.00. The second-order valence-electron chi connectivity index (χ2n) is 5.15. The Labute approximate surface area is 166 Å². The Morgan fingerprint density at radius 3 is 1.29 bits per heavy atom. The lowest BCUT2D eigenvalue weighted by atomic mass is 10.6. The van der Waals surface area contributed by atoms with E-state index in [1.54, 1.807) is 0 Å². The lowest BCUT2D eigenvalue weighted by molar-refractivity contribution is -0.0174. The van der Waals surface area contributed by atoms with Crippen LogP contribution >= 0.6 is 0 Å². The summed E-state index contributed by atoms with van der Waals surface area (Å²) in [6.07, 6.45) is 0.991. The van der Waals surface area contributed by atoms with Crippen LogP contribution in [0.25, 0.3) is 10.4 Å². The zero-order valence-electron chi connectivity index (χ0n) is 16.3. The third-order valence-electron chi connectivity index (χ3n) is 2.78. The maximum atomic E-state index is 10.7. The monoisotopic (exact) mass is 429 g/mol. The van der Waals surface area contributed by atoms with Gasteiger partial charge in [0, 0.05) is 11.5 Å². The molecule has 13 heteroatoms. The van der Waals surface area contributed by atoms with Crippen LogP contribution in [0.5, 0.6) is 0 Å². The van der Waals surface area contributed by atoms with Gasteiger partial charge in [-0.2, -0.15) is 8.42 Å². The van der Waals surface area contributed by atoms with Gasteiger partial charge >= 0.3 is 0 Å². The van der Waals surface area contributed by atoms with Crippen LogP contribution in [0, 0.1) is 0 Å². The molecule has 0 saturated carbocycles. The van der Waals surface area contributed by atoms with E-state index in [0.717, 1.165) is 6.26 Å². The first-order chi connectivity index (χ1) is 13.6. The van der Waals surface area contributed by atoms with Crippen molar-refractivity contribution >= 4 is 10.1 Å². The fraction of sp³-hybridized carbons (Fsp3) is 1.00. The Kier molecular flexibility index (Phi) is 20.0. The number of rotatable bonds is 22. The first kappa shape index (κ1) is 27.0. The van der Waals surface area contributed by atoms with E-state index in [4.69, 9.17) is 34.0 Å². The van der Waals surface area contributed by atoms with Gasteiger partial charge in [0.05, 0.1) is 92.1 Å². The van der Waals surface area contributed by atoms with Gasteiger partial charge in [-0.3, -0.25) is 4.18 Å². The molecule has 12 nitrogen and oxygen atoms in total. The Hall–Kier alpha value is -1.02. The van der Waals surface area contributed by atoms with Crippen LogP contribution in [-0.4, -0.2) is 107 Å². The number of hydrogen-bond acceptors (Lipinski definition) is 10. The van der Waals surface area contributed by atoms with Gasteiger partial charge in [0.25, 0.3) is 10.1 Å². The van der Waals surface area contributed by atoms with E-state index < -0.39 is 10.1 Å². The van der Waals surface area contributed by atoms with Gasteiger partial charge in [0.2, 0.25) is 0 Å². The van der Waals surface area contributed by atoms with Crippen molar-refractivity contribution in [3.8, 4) is 0 Å². The van der Waals surface area contributed by atoms with Gasteiger partial charge in [0.15, 0.2) is 0 Å². The van der Waals surface area contributed by atoms with Gasteiger partial charge < -0.3 is 28.4 Å². The molecule has 0 N–H and O–H groups in total. The first-order valence-corrected chi connectivity index (χ1v) is 10.7. The quantitative estimate of drug-likeness (QED) is 0.0782. The number of nitrogens with zero attached hydrogens (tertiary/aromatic N) is 3. The summed E-state index contributed by atoms with van der Waals surface area (Å²) in [6.45, 7) is 5.32. The highest BCUT2D eigenvalue weighted by Crippen LogP contribution is 1.88. The number of ether oxygens (including phenoxy) is 6. The highest BCUT2D eigenvalue weighted by molar-refractivity contribution is 7.85. The van der Waals surface area contributed by atoms with Gasteiger partial charge in [-0.05, 0) is 5.53 Å². The largest absolute Gasteiger partial charge is 0.379 e. The van der Waals surface area contributed by atoms with E-state index in [1.807, 2.05) is 0 Å². The molecule has 0 aliphatic heterocycles. The van der Waals surface area contributed by atoms with Crippen molar-refractivity contribution in [2.24, 2.45) is 5.11 Å². The van der Waals surface area contributed by atoms with E-state index in [2.05, 4.69) is 14.2 Å². The van der Waals surface area contributed by atoms with Crippen LogP contribution in [0.2, 0.25) is 0 Å². The molecule has 0 amide bonds. The van der Waals surface area contributed by atoms with Crippen LogP contribution in [0.4, 0.5) is 0 Å². The fourth-order valence-corrected chi connectivity index (χ4v) is 1.97. The molecular formula is C15H31N3O9S. The van der Waals surface area contributed by atoms with E-state index in [-0.39, 0.29) is 13.2 Å². The van der Waals surface area contributed by atoms with Crippen molar-refractivity contribution in [3.05, 3.63) is 10.4 Å². The second kappa shape index (κ2) is 20.7. The van der Waals surface area contributed by atoms with E-state index >= 15 is 0 Å². The molecule has 0 saturated heterocycles. The van der Waals surface area contributed by atoms with E-state index in [0.29, 0.717) is 79.2 Å². The lowest BCUT2D eigenvalue weighted by Crippen LogP contribution is -2.15. The molecule has 0 aromatic carbocycles. The zero-order valence-corrected chi connectivity index (χ0v) is 17.1. The van der Waals surface area contributed by atoms with E-state index in [1.165, 1.54) is 0 Å². The Balaban J connectivity index is 3.06. The zero-order chi connectivity index (χ0) is 20.8. The molecule has 0 fully saturated rings. The van der Waals surface area contributed by atoms with Crippen molar-refractivity contribution in [3.63, 3.8) is 0 Å². The molecule has 0 aromatic rings. The molecule has 0 bridgehead atoms. The SMILES string of the molecule is CS(=O)(=O)OCCOCCOCCOCCOCCOCCOCCN=[N+]=[N-]. The highest BCUT2D eigenvalue weighted by atomic mass is 32.2. The molecule has 0 rings (SSSR count). The minimum Gasteiger partial charge on any atom is -0.379 e. The van der Waals surface area contributed by atoms with Gasteiger partial charge in [-0.15, -0.1) is 0 Å². The minimum atomic E-state index is -3.41. The van der Waals surface area contributed by atoms with Crippen molar-refractivity contribution in [2.45, 2.75) is 0 Å². The molecule has 0 aromatic heterocycles. The van der Waals surface area contributed by atoms with Crippen LogP contribution in [0.1, 0.15) is 0 Å². The summed E-state index contributed by atoms with van der Waals surface area (Å²) >= 11 is 0. The molecular weight excluding hydrogens is 398 g/mol.